The van der Waals surface area contributed by atoms with E-state index in [-0.39, 0.29) is 24.8 Å². The highest BCUT2D eigenvalue weighted by atomic mass is 31.2. The first-order chi connectivity index (χ1) is 15.4. The summed E-state index contributed by atoms with van der Waals surface area (Å²) >= 11 is 0. The predicted octanol–water partition coefficient (Wildman–Crippen LogP) is 1.20. The number of carboxylic acid groups (broad SMARTS) is 1. The third kappa shape index (κ3) is 7.74. The molecule has 0 fully saturated rings. The first-order valence-electron chi connectivity index (χ1n) is 10.5. The number of hydrogen-bond donors (Lipinski definition) is 4. The molecule has 0 radical (unpaired) electrons. The van der Waals surface area contributed by atoms with E-state index < -0.39 is 37.4 Å². The normalized spacial score (nSPS) is 16.3. The number of rotatable bonds is 13. The van der Waals surface area contributed by atoms with Crippen LogP contribution in [-0.4, -0.2) is 67.7 Å². The van der Waals surface area contributed by atoms with Crippen molar-refractivity contribution in [2.24, 2.45) is 5.92 Å². The lowest BCUT2D eigenvalue weighted by atomic mass is 10.2. The van der Waals surface area contributed by atoms with Gasteiger partial charge in [-0.25, -0.2) is 20.0 Å². The number of carbonyl (C=O) groups is 2. The second-order valence-corrected chi connectivity index (χ2v) is 10.4. The molecule has 0 saturated heterocycles. The van der Waals surface area contributed by atoms with E-state index in [2.05, 4.69) is 25.1 Å². The molecule has 14 heteroatoms. The van der Waals surface area contributed by atoms with E-state index in [1.165, 1.54) is 13.3 Å². The van der Waals surface area contributed by atoms with Crippen LogP contribution in [0, 0.1) is 5.92 Å². The second-order valence-electron chi connectivity index (χ2n) is 8.11. The number of aliphatic carboxylic acids is 1. The maximum Gasteiger partial charge on any atom is 0.320 e. The Morgan fingerprint density at radius 1 is 1.21 bits per heavy atom. The van der Waals surface area contributed by atoms with Gasteiger partial charge >= 0.3 is 11.9 Å². The highest BCUT2D eigenvalue weighted by molar-refractivity contribution is 7.59. The van der Waals surface area contributed by atoms with Crippen LogP contribution in [0.15, 0.2) is 12.7 Å². The Morgan fingerprint density at radius 3 is 2.55 bits per heavy atom. The number of carboxylic acids is 1. The monoisotopic (exact) mass is 485 g/mol. The predicted molar refractivity (Wildman–Crippen MR) is 121 cm³/mol. The van der Waals surface area contributed by atoms with Gasteiger partial charge in [0.05, 0.1) is 31.0 Å². The first kappa shape index (κ1) is 26.7. The maximum atomic E-state index is 13.4. The molecule has 2 aromatic rings. The Labute approximate surface area is 191 Å². The van der Waals surface area contributed by atoms with Crippen LogP contribution < -0.4 is 15.9 Å². The fourth-order valence-corrected chi connectivity index (χ4v) is 4.83. The number of nitrogens with one attached hydrogen (secondary N) is 2. The highest BCUT2D eigenvalue weighted by Crippen LogP contribution is 2.37. The number of hydrogen-bond acceptors (Lipinski definition) is 9. The van der Waals surface area contributed by atoms with Crippen LogP contribution in [0.2, 0.25) is 0 Å². The van der Waals surface area contributed by atoms with Gasteiger partial charge < -0.3 is 24.9 Å². The Kier molecular flexibility index (Phi) is 9.29. The molecule has 0 spiro atoms. The zero-order valence-corrected chi connectivity index (χ0v) is 20.3. The summed E-state index contributed by atoms with van der Waals surface area (Å²) in [7, 11) is -3.54. The topological polar surface area (TPSA) is 184 Å². The van der Waals surface area contributed by atoms with Crippen LogP contribution >= 0.6 is 7.44 Å². The van der Waals surface area contributed by atoms with Crippen molar-refractivity contribution in [3.05, 3.63) is 12.7 Å². The molecule has 0 aromatic carbocycles. The van der Waals surface area contributed by atoms with E-state index in [4.69, 9.17) is 15.2 Å². The van der Waals surface area contributed by atoms with E-state index in [0.717, 1.165) is 0 Å². The number of aromatic nitrogens is 4. The lowest BCUT2D eigenvalue weighted by Crippen LogP contribution is -2.39. The van der Waals surface area contributed by atoms with Crippen LogP contribution in [-0.2, 0) is 30.2 Å². The van der Waals surface area contributed by atoms with Gasteiger partial charge in [0, 0.05) is 6.54 Å². The third-order valence-corrected chi connectivity index (χ3v) is 6.61. The quantitative estimate of drug-likeness (QED) is 0.235. The number of nitrogen functional groups attached to an aromatic ring is 1. The van der Waals surface area contributed by atoms with Crippen molar-refractivity contribution < 1.29 is 28.7 Å². The van der Waals surface area contributed by atoms with Gasteiger partial charge in [0.1, 0.15) is 24.2 Å². The number of fused-ring (bicyclic) bond motifs is 1. The standard InChI is InChI=1S/C19H32N7O6P/c1-11(2)32-19(29)12(3)6-24-33(30,25-14(5)18(27)28)10-31-13(4)7-26-9-23-15-16(20)21-8-22-17(15)26/h8-9,11-14H,6-7,10H2,1-5H3,(H,27,28)(H2,20,21,22)(H2,24,25,30)/t12-,13+,14+,33+/m0/s1. The highest BCUT2D eigenvalue weighted by Gasteiger charge is 2.30. The van der Waals surface area contributed by atoms with Gasteiger partial charge in [-0.05, 0) is 27.7 Å². The molecule has 0 saturated carbocycles. The van der Waals surface area contributed by atoms with E-state index in [0.29, 0.717) is 17.7 Å². The van der Waals surface area contributed by atoms with Gasteiger partial charge in [-0.2, -0.15) is 0 Å². The molecule has 0 amide bonds. The summed E-state index contributed by atoms with van der Waals surface area (Å²) in [6.07, 6.45) is 1.88. The molecule has 4 atom stereocenters. The Bertz CT molecular complexity index is 1010. The number of ether oxygens (including phenoxy) is 2. The number of nitrogens with two attached hydrogens (primary N) is 1. The lowest BCUT2D eigenvalue weighted by molar-refractivity contribution is -0.151. The summed E-state index contributed by atoms with van der Waals surface area (Å²) in [5.41, 5.74) is 6.81. The zero-order valence-electron chi connectivity index (χ0n) is 19.4. The molecule has 5 N–H and O–H groups in total. The van der Waals surface area contributed by atoms with E-state index in [1.54, 1.807) is 38.6 Å². The van der Waals surface area contributed by atoms with Crippen molar-refractivity contribution >= 4 is 36.4 Å². The maximum absolute atomic E-state index is 13.4. The molecule has 2 heterocycles. The van der Waals surface area contributed by atoms with Crippen LogP contribution in [0.3, 0.4) is 0 Å². The second kappa shape index (κ2) is 11.5. The number of nitrogens with zero attached hydrogens (tertiary/aromatic N) is 4. The van der Waals surface area contributed by atoms with Gasteiger partial charge in [-0.3, -0.25) is 19.2 Å². The van der Waals surface area contributed by atoms with Crippen molar-refractivity contribution in [1.29, 1.82) is 0 Å². The molecule has 0 unspecified atom stereocenters. The van der Waals surface area contributed by atoms with Gasteiger partial charge in [0.15, 0.2) is 11.5 Å². The van der Waals surface area contributed by atoms with Crippen LogP contribution in [0.5, 0.6) is 0 Å². The molecule has 2 aromatic heterocycles. The van der Waals surface area contributed by atoms with E-state index in [1.807, 2.05) is 0 Å². The van der Waals surface area contributed by atoms with Crippen molar-refractivity contribution in [2.75, 3.05) is 18.6 Å². The molecule has 0 aliphatic carbocycles. The number of esters is 1. The van der Waals surface area contributed by atoms with Gasteiger partial charge in [-0.1, -0.05) is 6.92 Å². The SMILES string of the molecule is CC(C)OC(=O)[C@@H](C)CN[P@](=O)(CO[C@H](C)Cn1cnc2c(N)ncnc21)N[C@H](C)C(=O)O. The average Bonchev–Trinajstić information content (AvgIpc) is 3.14. The van der Waals surface area contributed by atoms with Crippen molar-refractivity contribution in [2.45, 2.75) is 59.4 Å². The van der Waals surface area contributed by atoms with Crippen molar-refractivity contribution in [3.8, 4) is 0 Å². The third-order valence-electron chi connectivity index (χ3n) is 4.60. The molecular weight excluding hydrogens is 453 g/mol. The molecule has 184 valence electrons. The molecule has 33 heavy (non-hydrogen) atoms. The molecule has 0 aliphatic rings. The summed E-state index contributed by atoms with van der Waals surface area (Å²) < 4.78 is 26.1. The fraction of sp³-hybridized carbons (Fsp3) is 0.632. The zero-order chi connectivity index (χ0) is 24.8. The minimum atomic E-state index is -3.54. The van der Waals surface area contributed by atoms with Crippen LogP contribution in [0.1, 0.15) is 34.6 Å². The first-order valence-corrected chi connectivity index (χ1v) is 12.4. The summed E-state index contributed by atoms with van der Waals surface area (Å²) in [6.45, 7) is 8.59. The minimum Gasteiger partial charge on any atom is -0.480 e. The summed E-state index contributed by atoms with van der Waals surface area (Å²) in [5.74, 6) is -1.95. The number of anilines is 1. The molecule has 2 rings (SSSR count). The van der Waals surface area contributed by atoms with Crippen LogP contribution in [0.25, 0.3) is 11.2 Å². The molecular formula is C19H32N7O6P. The number of carbonyl (C=O) groups excluding carboxylic acids is 1. The average molecular weight is 485 g/mol. The Hall–Kier alpha value is -2.60. The van der Waals surface area contributed by atoms with Crippen LogP contribution in [0.4, 0.5) is 5.82 Å². The van der Waals surface area contributed by atoms with Gasteiger partial charge in [0.2, 0.25) is 7.44 Å². The minimum absolute atomic E-state index is 0.0161. The van der Waals surface area contributed by atoms with E-state index >= 15 is 0 Å². The van der Waals surface area contributed by atoms with Gasteiger partial charge in [0.25, 0.3) is 0 Å². The summed E-state index contributed by atoms with van der Waals surface area (Å²) in [5, 5.41) is 14.6. The van der Waals surface area contributed by atoms with Gasteiger partial charge in [-0.15, -0.1) is 0 Å². The molecule has 0 bridgehead atoms. The Morgan fingerprint density at radius 2 is 1.91 bits per heavy atom. The fourth-order valence-electron chi connectivity index (χ4n) is 2.81. The molecule has 0 aliphatic heterocycles. The summed E-state index contributed by atoms with van der Waals surface area (Å²) in [6, 6.07) is -1.10. The van der Waals surface area contributed by atoms with Crippen molar-refractivity contribution in [3.63, 3.8) is 0 Å². The number of imidazole rings is 1. The lowest BCUT2D eigenvalue weighted by Gasteiger charge is -2.26. The van der Waals surface area contributed by atoms with E-state index in [9.17, 15) is 19.3 Å². The van der Waals surface area contributed by atoms with Crippen molar-refractivity contribution in [1.82, 2.24) is 29.7 Å². The summed E-state index contributed by atoms with van der Waals surface area (Å²) in [4.78, 5) is 35.6. The largest absolute Gasteiger partial charge is 0.480 e. The smallest absolute Gasteiger partial charge is 0.320 e. The Balaban J connectivity index is 2.03. The molecule has 13 nitrogen and oxygen atoms in total.